The molecule has 1 aliphatic rings. The fraction of sp³-hybridized carbons (Fsp3) is 0.412. The Morgan fingerprint density at radius 1 is 1.23 bits per heavy atom. The van der Waals surface area contributed by atoms with Gasteiger partial charge in [-0.2, -0.15) is 4.37 Å². The Hall–Kier alpha value is -2.68. The van der Waals surface area contributed by atoms with E-state index in [1.165, 1.54) is 11.5 Å². The van der Waals surface area contributed by atoms with Gasteiger partial charge in [-0.1, -0.05) is 31.1 Å². The highest BCUT2D eigenvalue weighted by Crippen LogP contribution is 2.24. The van der Waals surface area contributed by atoms with Gasteiger partial charge in [-0.3, -0.25) is 5.32 Å². The Labute approximate surface area is 155 Å². The molecule has 9 heteroatoms. The number of benzene rings is 1. The van der Waals surface area contributed by atoms with Gasteiger partial charge >= 0.3 is 6.03 Å². The van der Waals surface area contributed by atoms with Gasteiger partial charge in [0.15, 0.2) is 11.4 Å². The van der Waals surface area contributed by atoms with E-state index in [1.807, 2.05) is 24.3 Å². The average molecular weight is 372 g/mol. The molecular weight excluding hydrogens is 352 g/mol. The molecule has 1 aliphatic heterocycles. The summed E-state index contributed by atoms with van der Waals surface area (Å²) in [5.41, 5.74) is 0.657. The Morgan fingerprint density at radius 3 is 2.73 bits per heavy atom. The zero-order valence-corrected chi connectivity index (χ0v) is 15.5. The third kappa shape index (κ3) is 3.22. The first kappa shape index (κ1) is 16.8. The van der Waals surface area contributed by atoms with E-state index >= 15 is 0 Å². The van der Waals surface area contributed by atoms with Crippen molar-refractivity contribution in [2.75, 3.05) is 36.4 Å². The van der Waals surface area contributed by atoms with E-state index in [-0.39, 0.29) is 6.03 Å². The van der Waals surface area contributed by atoms with E-state index in [9.17, 15) is 4.79 Å². The Bertz CT molecular complexity index is 913. The normalized spacial score (nSPS) is 15.0. The van der Waals surface area contributed by atoms with Gasteiger partial charge in [0.05, 0.1) is 5.39 Å². The number of aromatic nitrogens is 3. The minimum atomic E-state index is -0.163. The zero-order chi connectivity index (χ0) is 18.1. The number of piperazine rings is 1. The van der Waals surface area contributed by atoms with E-state index in [2.05, 4.69) is 38.6 Å². The minimum absolute atomic E-state index is 0.163. The maximum Gasteiger partial charge on any atom is 0.323 e. The first-order valence-corrected chi connectivity index (χ1v) is 9.38. The third-order valence-electron chi connectivity index (χ3n) is 4.39. The van der Waals surface area contributed by atoms with Gasteiger partial charge < -0.3 is 14.3 Å². The van der Waals surface area contributed by atoms with Crippen molar-refractivity contribution in [3.63, 3.8) is 0 Å². The Balaban J connectivity index is 1.37. The summed E-state index contributed by atoms with van der Waals surface area (Å²) in [6, 6.07) is 7.30. The van der Waals surface area contributed by atoms with Crippen molar-refractivity contribution in [2.24, 2.45) is 0 Å². The molecule has 0 bridgehead atoms. The van der Waals surface area contributed by atoms with Crippen molar-refractivity contribution in [1.82, 2.24) is 19.4 Å². The summed E-state index contributed by atoms with van der Waals surface area (Å²) >= 11 is 1.42. The van der Waals surface area contributed by atoms with Crippen LogP contribution in [0.5, 0.6) is 0 Å². The number of anilines is 2. The minimum Gasteiger partial charge on any atom is -0.354 e. The van der Waals surface area contributed by atoms with Crippen LogP contribution in [0.25, 0.3) is 11.0 Å². The maximum atomic E-state index is 12.5. The van der Waals surface area contributed by atoms with Gasteiger partial charge in [0.1, 0.15) is 5.82 Å². The van der Waals surface area contributed by atoms with Gasteiger partial charge in [-0.05, 0) is 12.1 Å². The fourth-order valence-electron chi connectivity index (χ4n) is 2.85. The predicted octanol–water partition coefficient (Wildman–Crippen LogP) is 3.16. The summed E-state index contributed by atoms with van der Waals surface area (Å²) in [5.74, 6) is 1.66. The summed E-state index contributed by atoms with van der Waals surface area (Å²) in [4.78, 5) is 21.1. The molecule has 8 nitrogen and oxygen atoms in total. The largest absolute Gasteiger partial charge is 0.354 e. The molecule has 1 saturated heterocycles. The molecule has 26 heavy (non-hydrogen) atoms. The second-order valence-corrected chi connectivity index (χ2v) is 7.25. The lowest BCUT2D eigenvalue weighted by molar-refractivity contribution is 0.208. The molecule has 0 atom stereocenters. The van der Waals surface area contributed by atoms with Crippen molar-refractivity contribution in [3.05, 3.63) is 30.1 Å². The quantitative estimate of drug-likeness (QED) is 0.760. The lowest BCUT2D eigenvalue weighted by Gasteiger charge is -2.34. The predicted molar refractivity (Wildman–Crippen MR) is 101 cm³/mol. The molecular formula is C17H20N6O2S. The molecule has 136 valence electrons. The highest BCUT2D eigenvalue weighted by Gasteiger charge is 2.24. The van der Waals surface area contributed by atoms with Gasteiger partial charge in [0.25, 0.3) is 0 Å². The second-order valence-electron chi connectivity index (χ2n) is 6.52. The third-order valence-corrected chi connectivity index (χ3v) is 5.18. The molecule has 2 aromatic heterocycles. The van der Waals surface area contributed by atoms with Crippen molar-refractivity contribution in [2.45, 2.75) is 19.8 Å². The van der Waals surface area contributed by atoms with Crippen LogP contribution >= 0.6 is 11.5 Å². The first-order chi connectivity index (χ1) is 12.6. The highest BCUT2D eigenvalue weighted by molar-refractivity contribution is 7.09. The van der Waals surface area contributed by atoms with Gasteiger partial charge in [-0.25, -0.2) is 9.78 Å². The van der Waals surface area contributed by atoms with Crippen LogP contribution in [-0.4, -0.2) is 51.6 Å². The fourth-order valence-corrected chi connectivity index (χ4v) is 3.71. The number of nitrogens with zero attached hydrogens (tertiary/aromatic N) is 5. The summed E-state index contributed by atoms with van der Waals surface area (Å²) in [6.07, 6.45) is 0. The topological polar surface area (TPSA) is 87.4 Å². The molecule has 0 aliphatic carbocycles. The number of hydrogen-bond acceptors (Lipinski definition) is 7. The second kappa shape index (κ2) is 6.91. The molecule has 0 unspecified atom stereocenters. The standard InChI is InChI=1S/C17H20N6O2S/c1-11(2)14-19-17(26-21-14)23-9-7-22(8-10-23)16(24)18-15-12-5-3-4-6-13(12)25-20-15/h3-6,11H,7-10H2,1-2H3,(H,18,20,24). The molecule has 1 aromatic carbocycles. The van der Waals surface area contributed by atoms with Crippen LogP contribution in [0.4, 0.5) is 15.7 Å². The maximum absolute atomic E-state index is 12.5. The summed E-state index contributed by atoms with van der Waals surface area (Å²) < 4.78 is 9.63. The van der Waals surface area contributed by atoms with Gasteiger partial charge in [-0.15, -0.1) is 0 Å². The number of carbonyl (C=O) groups excluding carboxylic acids is 1. The van der Waals surface area contributed by atoms with E-state index in [0.29, 0.717) is 30.4 Å². The zero-order valence-electron chi connectivity index (χ0n) is 14.7. The number of fused-ring (bicyclic) bond motifs is 1. The van der Waals surface area contributed by atoms with Crippen LogP contribution < -0.4 is 10.2 Å². The van der Waals surface area contributed by atoms with Crippen LogP contribution in [0, 0.1) is 0 Å². The summed E-state index contributed by atoms with van der Waals surface area (Å²) in [7, 11) is 0. The smallest absolute Gasteiger partial charge is 0.323 e. The van der Waals surface area contributed by atoms with Crippen molar-refractivity contribution in [1.29, 1.82) is 0 Å². The molecule has 3 aromatic rings. The lowest BCUT2D eigenvalue weighted by Crippen LogP contribution is -2.50. The Kier molecular flexibility index (Phi) is 4.46. The molecule has 0 spiro atoms. The van der Waals surface area contributed by atoms with Crippen molar-refractivity contribution < 1.29 is 9.32 Å². The number of nitrogens with one attached hydrogen (secondary N) is 1. The molecule has 0 radical (unpaired) electrons. The number of carbonyl (C=O) groups is 1. The summed E-state index contributed by atoms with van der Waals surface area (Å²) in [5, 5.41) is 8.53. The van der Waals surface area contributed by atoms with Gasteiger partial charge in [0.2, 0.25) is 5.13 Å². The highest BCUT2D eigenvalue weighted by atomic mass is 32.1. The average Bonchev–Trinajstić information content (AvgIpc) is 3.30. The van der Waals surface area contributed by atoms with Crippen LogP contribution in [-0.2, 0) is 0 Å². The van der Waals surface area contributed by atoms with Crippen LogP contribution in [0.2, 0.25) is 0 Å². The monoisotopic (exact) mass is 372 g/mol. The molecule has 1 N–H and O–H groups in total. The molecule has 1 fully saturated rings. The molecule has 4 rings (SSSR count). The lowest BCUT2D eigenvalue weighted by atomic mass is 10.2. The van der Waals surface area contributed by atoms with E-state index in [4.69, 9.17) is 4.52 Å². The number of hydrogen-bond donors (Lipinski definition) is 1. The number of rotatable bonds is 3. The van der Waals surface area contributed by atoms with Crippen molar-refractivity contribution in [3.8, 4) is 0 Å². The van der Waals surface area contributed by atoms with Crippen LogP contribution in [0.15, 0.2) is 28.8 Å². The first-order valence-electron chi connectivity index (χ1n) is 8.60. The van der Waals surface area contributed by atoms with Crippen molar-refractivity contribution >= 4 is 39.5 Å². The SMILES string of the molecule is CC(C)c1nsc(N2CCN(C(=O)Nc3noc4ccccc34)CC2)n1. The molecule has 2 amide bonds. The van der Waals surface area contributed by atoms with Crippen LogP contribution in [0.3, 0.4) is 0 Å². The molecule has 3 heterocycles. The Morgan fingerprint density at radius 2 is 2.00 bits per heavy atom. The molecule has 0 saturated carbocycles. The van der Waals surface area contributed by atoms with Gasteiger partial charge in [0, 0.05) is 43.6 Å². The van der Waals surface area contributed by atoms with E-state index in [0.717, 1.165) is 29.4 Å². The number of urea groups is 1. The van der Waals surface area contributed by atoms with E-state index < -0.39 is 0 Å². The van der Waals surface area contributed by atoms with Crippen LogP contribution in [0.1, 0.15) is 25.6 Å². The summed E-state index contributed by atoms with van der Waals surface area (Å²) in [6.45, 7) is 6.89. The number of para-hydroxylation sites is 1. The number of amides is 2. The van der Waals surface area contributed by atoms with E-state index in [1.54, 1.807) is 4.90 Å².